The number of hydrogen-bond acceptors (Lipinski definition) is 4. The number of ether oxygens (including phenoxy) is 1. The fourth-order valence-electron chi connectivity index (χ4n) is 3.50. The molecule has 0 amide bonds. The maximum absolute atomic E-state index is 5.27. The van der Waals surface area contributed by atoms with Crippen LogP contribution in [0.5, 0.6) is 5.75 Å². The van der Waals surface area contributed by atoms with Crippen LogP contribution in [0.3, 0.4) is 0 Å². The largest absolute Gasteiger partial charge is 0.497 e. The second-order valence-electron chi connectivity index (χ2n) is 6.52. The molecule has 0 aliphatic carbocycles. The molecule has 4 rings (SSSR count). The number of anilines is 1. The van der Waals surface area contributed by atoms with Crippen molar-refractivity contribution in [2.45, 2.75) is 13.0 Å². The molecule has 0 spiro atoms. The van der Waals surface area contributed by atoms with Gasteiger partial charge in [0.2, 0.25) is 0 Å². The second-order valence-corrected chi connectivity index (χ2v) is 6.52. The normalized spacial score (nSPS) is 17.0. The molecule has 3 aromatic rings. The number of piperazine rings is 1. The van der Waals surface area contributed by atoms with E-state index in [1.54, 1.807) is 7.11 Å². The van der Waals surface area contributed by atoms with Crippen molar-refractivity contribution in [3.8, 4) is 17.0 Å². The number of para-hydroxylation sites is 1. The molecule has 1 atom stereocenters. The summed E-state index contributed by atoms with van der Waals surface area (Å²) in [4.78, 5) is 7.39. The van der Waals surface area contributed by atoms with Gasteiger partial charge in [-0.15, -0.1) is 17.0 Å². The van der Waals surface area contributed by atoms with Gasteiger partial charge in [-0.05, 0) is 43.3 Å². The number of rotatable bonds is 3. The molecule has 1 aliphatic rings. The molecule has 136 valence electrons. The van der Waals surface area contributed by atoms with Crippen LogP contribution in [-0.4, -0.2) is 37.8 Å². The Kier molecular flexibility index (Phi) is 5.79. The van der Waals surface area contributed by atoms with Gasteiger partial charge in [-0.3, -0.25) is 0 Å². The number of nitrogens with one attached hydrogen (secondary N) is 1. The predicted molar refractivity (Wildman–Crippen MR) is 114 cm³/mol. The average Bonchev–Trinajstić information content (AvgIpc) is 2.68. The average molecular weight is 414 g/mol. The van der Waals surface area contributed by atoms with E-state index >= 15 is 0 Å². The van der Waals surface area contributed by atoms with E-state index in [9.17, 15) is 0 Å². The molecule has 4 nitrogen and oxygen atoms in total. The smallest absolute Gasteiger partial charge is 0.118 e. The van der Waals surface area contributed by atoms with E-state index in [-0.39, 0.29) is 17.0 Å². The van der Waals surface area contributed by atoms with Crippen molar-refractivity contribution in [1.82, 2.24) is 10.3 Å². The maximum Gasteiger partial charge on any atom is 0.118 e. The Balaban J connectivity index is 0.00000196. The molecule has 0 radical (unpaired) electrons. The van der Waals surface area contributed by atoms with Crippen molar-refractivity contribution in [3.05, 3.63) is 54.6 Å². The first kappa shape index (κ1) is 18.7. The third-order valence-electron chi connectivity index (χ3n) is 4.89. The summed E-state index contributed by atoms with van der Waals surface area (Å²) in [6, 6.07) is 19.2. The van der Waals surface area contributed by atoms with Crippen molar-refractivity contribution >= 4 is 33.6 Å². The van der Waals surface area contributed by atoms with Crippen LogP contribution in [0.4, 0.5) is 5.69 Å². The molecule has 1 fully saturated rings. The lowest BCUT2D eigenvalue weighted by molar-refractivity contribution is 0.415. The molecule has 1 unspecified atom stereocenters. The Labute approximate surface area is 165 Å². The zero-order valence-electron chi connectivity index (χ0n) is 15.1. The lowest BCUT2D eigenvalue weighted by atomic mass is 10.0. The molecular formula is C21H24BrN3O. The van der Waals surface area contributed by atoms with E-state index in [4.69, 9.17) is 9.72 Å². The van der Waals surface area contributed by atoms with Crippen molar-refractivity contribution in [3.63, 3.8) is 0 Å². The number of nitrogens with zero attached hydrogens (tertiary/aromatic N) is 2. The van der Waals surface area contributed by atoms with Gasteiger partial charge in [-0.2, -0.15) is 0 Å². The Bertz CT molecular complexity index is 882. The summed E-state index contributed by atoms with van der Waals surface area (Å²) < 4.78 is 5.27. The van der Waals surface area contributed by atoms with Crippen LogP contribution in [0.2, 0.25) is 0 Å². The molecular weight excluding hydrogens is 390 g/mol. The number of pyridine rings is 1. The summed E-state index contributed by atoms with van der Waals surface area (Å²) in [5.41, 5.74) is 4.42. The quantitative estimate of drug-likeness (QED) is 0.694. The van der Waals surface area contributed by atoms with Crippen molar-refractivity contribution < 1.29 is 4.74 Å². The van der Waals surface area contributed by atoms with Crippen LogP contribution >= 0.6 is 17.0 Å². The lowest BCUT2D eigenvalue weighted by Crippen LogP contribution is -2.50. The monoisotopic (exact) mass is 413 g/mol. The van der Waals surface area contributed by atoms with E-state index in [1.165, 1.54) is 11.1 Å². The topological polar surface area (TPSA) is 37.4 Å². The first-order valence-corrected chi connectivity index (χ1v) is 8.78. The van der Waals surface area contributed by atoms with Gasteiger partial charge >= 0.3 is 0 Å². The third-order valence-corrected chi connectivity index (χ3v) is 4.89. The van der Waals surface area contributed by atoms with Gasteiger partial charge in [0, 0.05) is 42.3 Å². The van der Waals surface area contributed by atoms with Gasteiger partial charge in [0.25, 0.3) is 0 Å². The van der Waals surface area contributed by atoms with E-state index in [1.807, 2.05) is 12.1 Å². The van der Waals surface area contributed by atoms with Gasteiger partial charge in [0.15, 0.2) is 0 Å². The van der Waals surface area contributed by atoms with E-state index < -0.39 is 0 Å². The molecule has 5 heteroatoms. The molecule has 26 heavy (non-hydrogen) atoms. The van der Waals surface area contributed by atoms with Crippen LogP contribution in [0.25, 0.3) is 22.2 Å². The standard InChI is InChI=1S/C21H23N3O.BrH/c1-15-14-22-11-12-24(15)21-13-20(16-7-9-17(25-2)10-8-16)23-19-6-4-3-5-18(19)21;/h3-10,13,15,22H,11-12,14H2,1-2H3;1H. The number of methoxy groups -OCH3 is 1. The number of hydrogen-bond donors (Lipinski definition) is 1. The molecule has 1 aliphatic heterocycles. The first-order valence-electron chi connectivity index (χ1n) is 8.78. The highest BCUT2D eigenvalue weighted by atomic mass is 79.9. The summed E-state index contributed by atoms with van der Waals surface area (Å²) in [7, 11) is 1.69. The number of halogens is 1. The highest BCUT2D eigenvalue weighted by Crippen LogP contribution is 2.32. The molecule has 0 saturated carbocycles. The van der Waals surface area contributed by atoms with Crippen molar-refractivity contribution in [2.75, 3.05) is 31.6 Å². The Morgan fingerprint density at radius 2 is 1.88 bits per heavy atom. The van der Waals surface area contributed by atoms with Crippen LogP contribution in [0, 0.1) is 0 Å². The van der Waals surface area contributed by atoms with Crippen LogP contribution < -0.4 is 15.0 Å². The minimum absolute atomic E-state index is 0. The zero-order valence-corrected chi connectivity index (χ0v) is 16.8. The Morgan fingerprint density at radius 3 is 2.62 bits per heavy atom. The number of aromatic nitrogens is 1. The van der Waals surface area contributed by atoms with E-state index in [0.29, 0.717) is 6.04 Å². The molecule has 1 N–H and O–H groups in total. The van der Waals surface area contributed by atoms with Crippen LogP contribution in [-0.2, 0) is 0 Å². The second kappa shape index (κ2) is 8.06. The summed E-state index contributed by atoms with van der Waals surface area (Å²) in [5.74, 6) is 0.862. The first-order chi connectivity index (χ1) is 12.3. The summed E-state index contributed by atoms with van der Waals surface area (Å²) in [5, 5.41) is 4.69. The highest BCUT2D eigenvalue weighted by Gasteiger charge is 2.21. The minimum atomic E-state index is 0. The maximum atomic E-state index is 5.27. The number of fused-ring (bicyclic) bond motifs is 1. The van der Waals surface area contributed by atoms with Gasteiger partial charge < -0.3 is 15.0 Å². The third kappa shape index (κ3) is 3.55. The molecule has 1 aromatic heterocycles. The lowest BCUT2D eigenvalue weighted by Gasteiger charge is -2.36. The summed E-state index contributed by atoms with van der Waals surface area (Å²) >= 11 is 0. The molecule has 2 heterocycles. The van der Waals surface area contributed by atoms with Crippen LogP contribution in [0.15, 0.2) is 54.6 Å². The zero-order chi connectivity index (χ0) is 17.2. The molecule has 0 bridgehead atoms. The van der Waals surface area contributed by atoms with Gasteiger partial charge in [-0.1, -0.05) is 18.2 Å². The Morgan fingerprint density at radius 1 is 1.12 bits per heavy atom. The highest BCUT2D eigenvalue weighted by molar-refractivity contribution is 8.93. The van der Waals surface area contributed by atoms with Crippen molar-refractivity contribution in [1.29, 1.82) is 0 Å². The van der Waals surface area contributed by atoms with Gasteiger partial charge in [0.05, 0.1) is 18.3 Å². The summed E-state index contributed by atoms with van der Waals surface area (Å²) in [6.07, 6.45) is 0. The van der Waals surface area contributed by atoms with E-state index in [2.05, 4.69) is 59.6 Å². The van der Waals surface area contributed by atoms with E-state index in [0.717, 1.165) is 42.2 Å². The van der Waals surface area contributed by atoms with Crippen molar-refractivity contribution in [2.24, 2.45) is 0 Å². The minimum Gasteiger partial charge on any atom is -0.497 e. The summed E-state index contributed by atoms with van der Waals surface area (Å²) in [6.45, 7) is 5.30. The fraction of sp³-hybridized carbons (Fsp3) is 0.286. The van der Waals surface area contributed by atoms with Gasteiger partial charge in [0.1, 0.15) is 5.75 Å². The van der Waals surface area contributed by atoms with Crippen LogP contribution in [0.1, 0.15) is 6.92 Å². The SMILES string of the molecule is Br.COc1ccc(-c2cc(N3CCNCC3C)c3ccccc3n2)cc1. The molecule has 1 saturated heterocycles. The fourth-order valence-corrected chi connectivity index (χ4v) is 3.50. The molecule has 2 aromatic carbocycles. The Hall–Kier alpha value is -2.11. The predicted octanol–water partition coefficient (Wildman–Crippen LogP) is 4.29. The number of benzene rings is 2. The van der Waals surface area contributed by atoms with Gasteiger partial charge in [-0.25, -0.2) is 4.98 Å².